The van der Waals surface area contributed by atoms with Gasteiger partial charge >= 0.3 is 6.18 Å². The number of nitrogens with two attached hydrogens (primary N) is 1. The summed E-state index contributed by atoms with van der Waals surface area (Å²) in [7, 11) is 0. The summed E-state index contributed by atoms with van der Waals surface area (Å²) in [5.74, 6) is 0. The quantitative estimate of drug-likeness (QED) is 0.871. The van der Waals surface area contributed by atoms with Crippen molar-refractivity contribution in [1.29, 1.82) is 0 Å². The number of benzene rings is 1. The van der Waals surface area contributed by atoms with Gasteiger partial charge < -0.3 is 15.4 Å². The fourth-order valence-corrected chi connectivity index (χ4v) is 3.17. The SMILES string of the molecule is CC1(C)CN(c2ccc(C(F)(F)F)cc2Br)CC(CN)O1. The second kappa shape index (κ2) is 5.78. The number of halogens is 4. The first-order valence-corrected chi connectivity index (χ1v) is 7.41. The van der Waals surface area contributed by atoms with Crippen LogP contribution in [0, 0.1) is 0 Å². The smallest absolute Gasteiger partial charge is 0.367 e. The molecule has 0 saturated carbocycles. The van der Waals surface area contributed by atoms with E-state index < -0.39 is 17.3 Å². The average Bonchev–Trinajstić information content (AvgIpc) is 2.35. The van der Waals surface area contributed by atoms with Crippen LogP contribution in [0.4, 0.5) is 18.9 Å². The Bertz CT molecular complexity index is 519. The number of hydrogen-bond acceptors (Lipinski definition) is 3. The molecule has 1 heterocycles. The van der Waals surface area contributed by atoms with Gasteiger partial charge in [0.25, 0.3) is 0 Å². The molecule has 21 heavy (non-hydrogen) atoms. The number of hydrogen-bond donors (Lipinski definition) is 1. The van der Waals surface area contributed by atoms with E-state index in [2.05, 4.69) is 15.9 Å². The second-order valence-corrected chi connectivity index (χ2v) is 6.63. The molecule has 0 aromatic heterocycles. The van der Waals surface area contributed by atoms with Gasteiger partial charge in [0.2, 0.25) is 0 Å². The first-order valence-electron chi connectivity index (χ1n) is 6.62. The fourth-order valence-electron chi connectivity index (χ4n) is 2.54. The van der Waals surface area contributed by atoms with E-state index in [0.717, 1.165) is 17.8 Å². The van der Waals surface area contributed by atoms with Crippen molar-refractivity contribution in [2.45, 2.75) is 31.7 Å². The molecule has 0 bridgehead atoms. The van der Waals surface area contributed by atoms with E-state index in [0.29, 0.717) is 24.1 Å². The molecule has 7 heteroatoms. The van der Waals surface area contributed by atoms with Gasteiger partial charge in [-0.15, -0.1) is 0 Å². The third-order valence-electron chi connectivity index (χ3n) is 3.36. The third-order valence-corrected chi connectivity index (χ3v) is 4.00. The van der Waals surface area contributed by atoms with Crippen LogP contribution in [-0.2, 0) is 10.9 Å². The van der Waals surface area contributed by atoms with Crippen molar-refractivity contribution < 1.29 is 17.9 Å². The molecule has 1 fully saturated rings. The summed E-state index contributed by atoms with van der Waals surface area (Å²) in [4.78, 5) is 2.01. The molecule has 2 N–H and O–H groups in total. The van der Waals surface area contributed by atoms with Gasteiger partial charge in [0.15, 0.2) is 0 Å². The molecule has 0 aliphatic carbocycles. The Morgan fingerprint density at radius 3 is 2.62 bits per heavy atom. The molecule has 1 aromatic rings. The van der Waals surface area contributed by atoms with Crippen LogP contribution in [0.15, 0.2) is 22.7 Å². The van der Waals surface area contributed by atoms with Crippen molar-refractivity contribution in [3.63, 3.8) is 0 Å². The van der Waals surface area contributed by atoms with E-state index in [9.17, 15) is 13.2 Å². The predicted octanol–water partition coefficient (Wildman–Crippen LogP) is 3.41. The number of anilines is 1. The Morgan fingerprint density at radius 1 is 1.43 bits per heavy atom. The lowest BCUT2D eigenvalue weighted by atomic mass is 10.0. The first kappa shape index (κ1) is 16.6. The predicted molar refractivity (Wildman–Crippen MR) is 79.4 cm³/mol. The number of nitrogens with zero attached hydrogens (tertiary/aromatic N) is 1. The molecule has 3 nitrogen and oxygen atoms in total. The Morgan fingerprint density at radius 2 is 2.10 bits per heavy atom. The van der Waals surface area contributed by atoms with Crippen LogP contribution in [-0.4, -0.2) is 31.3 Å². The summed E-state index contributed by atoms with van der Waals surface area (Å²) in [6.45, 7) is 5.41. The van der Waals surface area contributed by atoms with Crippen LogP contribution in [0.2, 0.25) is 0 Å². The maximum absolute atomic E-state index is 12.7. The van der Waals surface area contributed by atoms with Crippen molar-refractivity contribution in [1.82, 2.24) is 0 Å². The first-order chi connectivity index (χ1) is 9.62. The summed E-state index contributed by atoms with van der Waals surface area (Å²) < 4.78 is 44.4. The lowest BCUT2D eigenvalue weighted by molar-refractivity contribution is -0.137. The van der Waals surface area contributed by atoms with Crippen LogP contribution in [0.1, 0.15) is 19.4 Å². The minimum atomic E-state index is -4.34. The Balaban J connectivity index is 2.29. The van der Waals surface area contributed by atoms with Gasteiger partial charge in [0.1, 0.15) is 0 Å². The van der Waals surface area contributed by atoms with E-state index in [1.54, 1.807) is 0 Å². The Labute approximate surface area is 130 Å². The zero-order valence-corrected chi connectivity index (χ0v) is 13.5. The standard InChI is InChI=1S/C14H18BrF3N2O/c1-13(2)8-20(7-10(6-19)21-13)12-4-3-9(5-11(12)15)14(16,17)18/h3-5,10H,6-8,19H2,1-2H3. The van der Waals surface area contributed by atoms with Gasteiger partial charge in [0, 0.05) is 24.1 Å². The van der Waals surface area contributed by atoms with Crippen LogP contribution in [0.3, 0.4) is 0 Å². The van der Waals surface area contributed by atoms with Crippen molar-refractivity contribution >= 4 is 21.6 Å². The molecule has 0 amide bonds. The largest absolute Gasteiger partial charge is 0.416 e. The molecule has 118 valence electrons. The summed E-state index contributed by atoms with van der Waals surface area (Å²) >= 11 is 3.24. The molecular formula is C14H18BrF3N2O. The van der Waals surface area contributed by atoms with Gasteiger partial charge in [-0.25, -0.2) is 0 Å². The summed E-state index contributed by atoms with van der Waals surface area (Å²) in [6, 6.07) is 3.69. The minimum Gasteiger partial charge on any atom is -0.367 e. The van der Waals surface area contributed by atoms with Crippen LogP contribution in [0.5, 0.6) is 0 Å². The van der Waals surface area contributed by atoms with E-state index >= 15 is 0 Å². The maximum Gasteiger partial charge on any atom is 0.416 e. The molecule has 1 aromatic carbocycles. The zero-order valence-electron chi connectivity index (χ0n) is 11.9. The van der Waals surface area contributed by atoms with Crippen LogP contribution < -0.4 is 10.6 Å². The van der Waals surface area contributed by atoms with E-state index in [1.165, 1.54) is 6.07 Å². The summed E-state index contributed by atoms with van der Waals surface area (Å²) in [6.07, 6.45) is -4.48. The topological polar surface area (TPSA) is 38.5 Å². The van der Waals surface area contributed by atoms with E-state index in [1.807, 2.05) is 18.7 Å². The van der Waals surface area contributed by atoms with Gasteiger partial charge in [-0.2, -0.15) is 13.2 Å². The second-order valence-electron chi connectivity index (χ2n) is 5.78. The number of alkyl halides is 3. The molecule has 2 rings (SSSR count). The molecule has 0 spiro atoms. The Hall–Kier alpha value is -0.790. The Kier molecular flexibility index (Phi) is 4.56. The lowest BCUT2D eigenvalue weighted by Gasteiger charge is -2.44. The van der Waals surface area contributed by atoms with Gasteiger partial charge in [0.05, 0.1) is 23.0 Å². The van der Waals surface area contributed by atoms with Crippen LogP contribution >= 0.6 is 15.9 Å². The maximum atomic E-state index is 12.7. The normalized spacial score (nSPS) is 22.4. The number of rotatable bonds is 2. The highest BCUT2D eigenvalue weighted by Crippen LogP contribution is 2.37. The van der Waals surface area contributed by atoms with Gasteiger partial charge in [-0.1, -0.05) is 0 Å². The van der Waals surface area contributed by atoms with Crippen molar-refractivity contribution in [3.8, 4) is 0 Å². The molecule has 1 saturated heterocycles. The fraction of sp³-hybridized carbons (Fsp3) is 0.571. The number of ether oxygens (including phenoxy) is 1. The molecular weight excluding hydrogens is 349 g/mol. The lowest BCUT2D eigenvalue weighted by Crippen LogP contribution is -2.55. The molecule has 1 unspecified atom stereocenters. The highest BCUT2D eigenvalue weighted by Gasteiger charge is 2.35. The van der Waals surface area contributed by atoms with E-state index in [4.69, 9.17) is 10.5 Å². The summed E-state index contributed by atoms with van der Waals surface area (Å²) in [5, 5.41) is 0. The zero-order chi connectivity index (χ0) is 15.8. The average molecular weight is 367 g/mol. The highest BCUT2D eigenvalue weighted by atomic mass is 79.9. The van der Waals surface area contributed by atoms with Gasteiger partial charge in [-0.3, -0.25) is 0 Å². The van der Waals surface area contributed by atoms with Crippen LogP contribution in [0.25, 0.3) is 0 Å². The molecule has 1 aliphatic heterocycles. The van der Waals surface area contributed by atoms with Gasteiger partial charge in [-0.05, 0) is 48.0 Å². The molecule has 1 aliphatic rings. The number of morpholine rings is 1. The van der Waals surface area contributed by atoms with Crippen molar-refractivity contribution in [3.05, 3.63) is 28.2 Å². The van der Waals surface area contributed by atoms with Crippen molar-refractivity contribution in [2.24, 2.45) is 5.73 Å². The van der Waals surface area contributed by atoms with E-state index in [-0.39, 0.29) is 6.10 Å². The summed E-state index contributed by atoms with van der Waals surface area (Å²) in [5.41, 5.74) is 5.33. The minimum absolute atomic E-state index is 0.136. The molecule has 0 radical (unpaired) electrons. The monoisotopic (exact) mass is 366 g/mol. The third kappa shape index (κ3) is 3.90. The molecule has 1 atom stereocenters. The van der Waals surface area contributed by atoms with Crippen molar-refractivity contribution in [2.75, 3.05) is 24.5 Å². The highest BCUT2D eigenvalue weighted by molar-refractivity contribution is 9.10.